The zero-order valence-electron chi connectivity index (χ0n) is 17.0. The summed E-state index contributed by atoms with van der Waals surface area (Å²) in [7, 11) is 1.97. The van der Waals surface area contributed by atoms with Crippen molar-refractivity contribution in [2.75, 3.05) is 0 Å². The Morgan fingerprint density at radius 1 is 1.16 bits per heavy atom. The molecule has 3 heteroatoms. The maximum atomic E-state index is 8.38. The van der Waals surface area contributed by atoms with E-state index in [1.807, 2.05) is 62.1 Å². The Hall–Kier alpha value is -2.68. The maximum absolute atomic E-state index is 8.38. The van der Waals surface area contributed by atoms with E-state index in [-0.39, 0.29) is 5.92 Å². The highest BCUT2D eigenvalue weighted by Crippen LogP contribution is 2.37. The van der Waals surface area contributed by atoms with E-state index in [1.165, 1.54) is 0 Å². The molecule has 3 heterocycles. The fourth-order valence-electron chi connectivity index (χ4n) is 3.43. The average molecular weight is 333 g/mol. The molecule has 25 heavy (non-hydrogen) atoms. The molecule has 4 aromatic rings. The lowest BCUT2D eigenvalue weighted by Crippen LogP contribution is -2.31. The number of aromatic nitrogens is 2. The molecule has 3 aromatic heterocycles. The molecule has 1 aromatic carbocycles. The molecule has 0 aliphatic heterocycles. The Kier molecular flexibility index (Phi) is 3.26. The Labute approximate surface area is 150 Å². The molecule has 0 radical (unpaired) electrons. The van der Waals surface area contributed by atoms with Crippen molar-refractivity contribution in [3.8, 4) is 11.3 Å². The first kappa shape index (κ1) is 13.6. The number of benzene rings is 1. The van der Waals surface area contributed by atoms with Crippen LogP contribution in [0.15, 0.2) is 53.3 Å². The third kappa shape index (κ3) is 2.70. The highest BCUT2D eigenvalue weighted by atomic mass is 16.3. The fourth-order valence-corrected chi connectivity index (χ4v) is 3.43. The zero-order valence-corrected chi connectivity index (χ0v) is 15.0. The third-order valence-corrected chi connectivity index (χ3v) is 4.49. The lowest BCUT2D eigenvalue weighted by atomic mass is 9.97. The van der Waals surface area contributed by atoms with Crippen molar-refractivity contribution in [3.05, 3.63) is 60.0 Å². The summed E-state index contributed by atoms with van der Waals surface area (Å²) in [4.78, 5) is 4.27. The summed E-state index contributed by atoms with van der Waals surface area (Å²) in [6, 6.07) is 9.85. The number of fused-ring (bicyclic) bond motifs is 3. The maximum Gasteiger partial charge on any atom is 0.213 e. The molecule has 0 saturated carbocycles. The minimum Gasteiger partial charge on any atom is -0.456 e. The first-order valence-electron chi connectivity index (χ1n) is 9.57. The lowest BCUT2D eigenvalue weighted by Gasteiger charge is -2.08. The van der Waals surface area contributed by atoms with Gasteiger partial charge in [-0.2, -0.15) is 0 Å². The van der Waals surface area contributed by atoms with Gasteiger partial charge in [-0.25, -0.2) is 4.57 Å². The Balaban J connectivity index is 1.99. The van der Waals surface area contributed by atoms with Crippen LogP contribution in [0.4, 0.5) is 0 Å². The number of hydrogen-bond donors (Lipinski definition) is 0. The molecule has 126 valence electrons. The molecule has 0 unspecified atom stereocenters. The predicted molar refractivity (Wildman–Crippen MR) is 101 cm³/mol. The van der Waals surface area contributed by atoms with Crippen LogP contribution in [0, 0.1) is 12.8 Å². The van der Waals surface area contributed by atoms with Crippen LogP contribution in [0.5, 0.6) is 0 Å². The number of nitrogens with zero attached hydrogens (tertiary/aromatic N) is 2. The number of hydrogen-bond acceptors (Lipinski definition) is 2. The van der Waals surface area contributed by atoms with Gasteiger partial charge in [-0.1, -0.05) is 19.9 Å². The van der Waals surface area contributed by atoms with Gasteiger partial charge in [-0.3, -0.25) is 4.98 Å². The van der Waals surface area contributed by atoms with E-state index in [4.69, 9.17) is 7.16 Å². The molecule has 0 amide bonds. The van der Waals surface area contributed by atoms with Crippen LogP contribution in [-0.4, -0.2) is 4.98 Å². The average Bonchev–Trinajstić information content (AvgIpc) is 3.01. The predicted octanol–water partition coefficient (Wildman–Crippen LogP) is 4.98. The SMILES string of the molecule is [2H]C([2H])(c1ccc(-c2c(C)ccc3oc4ccncc4c23)[n+](C)c1)C(C)C. The van der Waals surface area contributed by atoms with Crippen molar-refractivity contribution in [1.82, 2.24) is 4.98 Å². The number of aryl methyl sites for hydroxylation is 2. The van der Waals surface area contributed by atoms with Gasteiger partial charge in [0.1, 0.15) is 18.2 Å². The van der Waals surface area contributed by atoms with E-state index in [0.29, 0.717) is 5.56 Å². The third-order valence-electron chi connectivity index (χ3n) is 4.49. The smallest absolute Gasteiger partial charge is 0.213 e. The van der Waals surface area contributed by atoms with Crippen molar-refractivity contribution in [2.45, 2.75) is 27.1 Å². The van der Waals surface area contributed by atoms with E-state index in [0.717, 1.165) is 38.8 Å². The van der Waals surface area contributed by atoms with Gasteiger partial charge in [0, 0.05) is 37.5 Å². The van der Waals surface area contributed by atoms with Crippen LogP contribution in [-0.2, 0) is 13.4 Å². The van der Waals surface area contributed by atoms with E-state index < -0.39 is 6.37 Å². The normalized spacial score (nSPS) is 13.5. The Morgan fingerprint density at radius 2 is 2.00 bits per heavy atom. The highest BCUT2D eigenvalue weighted by Gasteiger charge is 2.20. The molecule has 0 N–H and O–H groups in total. The summed E-state index contributed by atoms with van der Waals surface area (Å²) in [6.07, 6.45) is 4.10. The molecular formula is C22H23N2O+. The zero-order chi connectivity index (χ0) is 19.3. The minimum absolute atomic E-state index is 0.0996. The van der Waals surface area contributed by atoms with Crippen LogP contribution in [0.3, 0.4) is 0 Å². The number of furan rings is 1. The van der Waals surface area contributed by atoms with Gasteiger partial charge in [-0.15, -0.1) is 0 Å². The second-order valence-corrected chi connectivity index (χ2v) is 6.82. The molecule has 0 saturated heterocycles. The summed E-state index contributed by atoms with van der Waals surface area (Å²) < 4.78 is 24.8. The number of pyridine rings is 2. The molecule has 4 rings (SSSR count). The topological polar surface area (TPSA) is 29.9 Å². The van der Waals surface area contributed by atoms with Gasteiger partial charge in [0.15, 0.2) is 6.20 Å². The molecule has 0 atom stereocenters. The standard InChI is InChI=1S/C22H23N2O/c1-14(2)11-16-6-7-18(24(4)13-16)21-15(3)5-8-20-22(21)17-12-23-10-9-19(17)25-20/h5-10,12-14H,11H2,1-4H3/q+1/i11D2. The van der Waals surface area contributed by atoms with Crippen LogP contribution >= 0.6 is 0 Å². The largest absolute Gasteiger partial charge is 0.456 e. The first-order valence-corrected chi connectivity index (χ1v) is 8.57. The van der Waals surface area contributed by atoms with Crippen molar-refractivity contribution in [2.24, 2.45) is 13.0 Å². The summed E-state index contributed by atoms with van der Waals surface area (Å²) in [5.74, 6) is -0.0996. The van der Waals surface area contributed by atoms with Crippen molar-refractivity contribution in [3.63, 3.8) is 0 Å². The van der Waals surface area contributed by atoms with Crippen LogP contribution < -0.4 is 4.57 Å². The minimum atomic E-state index is -1.37. The van der Waals surface area contributed by atoms with Crippen LogP contribution in [0.1, 0.15) is 27.7 Å². The van der Waals surface area contributed by atoms with Gasteiger partial charge in [0.2, 0.25) is 5.69 Å². The van der Waals surface area contributed by atoms with Crippen LogP contribution in [0.25, 0.3) is 33.2 Å². The molecule has 0 aliphatic rings. The molecule has 0 bridgehead atoms. The Morgan fingerprint density at radius 3 is 2.76 bits per heavy atom. The van der Waals surface area contributed by atoms with Gasteiger partial charge >= 0.3 is 0 Å². The molecule has 3 nitrogen and oxygen atoms in total. The van der Waals surface area contributed by atoms with Crippen molar-refractivity contribution in [1.29, 1.82) is 0 Å². The van der Waals surface area contributed by atoms with Gasteiger partial charge < -0.3 is 4.42 Å². The summed E-state index contributed by atoms with van der Waals surface area (Å²) >= 11 is 0. The van der Waals surface area contributed by atoms with E-state index in [2.05, 4.69) is 18.0 Å². The Bertz CT molecular complexity index is 1160. The molecule has 0 aliphatic carbocycles. The summed E-state index contributed by atoms with van der Waals surface area (Å²) in [6.45, 7) is 5.90. The quantitative estimate of drug-likeness (QED) is 0.495. The van der Waals surface area contributed by atoms with Gasteiger partial charge in [0.05, 0.1) is 5.56 Å². The highest BCUT2D eigenvalue weighted by molar-refractivity contribution is 6.12. The van der Waals surface area contributed by atoms with Crippen LogP contribution in [0.2, 0.25) is 0 Å². The van der Waals surface area contributed by atoms with E-state index >= 15 is 0 Å². The second kappa shape index (κ2) is 5.99. The monoisotopic (exact) mass is 333 g/mol. The molecule has 0 fully saturated rings. The van der Waals surface area contributed by atoms with Gasteiger partial charge in [0.25, 0.3) is 0 Å². The fraction of sp³-hybridized carbons (Fsp3) is 0.273. The van der Waals surface area contributed by atoms with Crippen molar-refractivity contribution >= 4 is 21.9 Å². The summed E-state index contributed by atoms with van der Waals surface area (Å²) in [5.41, 5.74) is 5.60. The first-order chi connectivity index (χ1) is 12.8. The van der Waals surface area contributed by atoms with E-state index in [1.54, 1.807) is 6.20 Å². The van der Waals surface area contributed by atoms with E-state index in [9.17, 15) is 0 Å². The summed E-state index contributed by atoms with van der Waals surface area (Å²) in [5, 5.41) is 2.04. The second-order valence-electron chi connectivity index (χ2n) is 6.82. The lowest BCUT2D eigenvalue weighted by molar-refractivity contribution is -0.660. The van der Waals surface area contributed by atoms with Gasteiger partial charge in [-0.05, 0) is 43.0 Å². The number of rotatable bonds is 3. The van der Waals surface area contributed by atoms with Crippen molar-refractivity contribution < 1.29 is 11.7 Å². The molecule has 0 spiro atoms. The molecular weight excluding hydrogens is 308 g/mol.